The van der Waals surface area contributed by atoms with E-state index in [4.69, 9.17) is 32.4 Å². The van der Waals surface area contributed by atoms with E-state index in [-0.39, 0.29) is 24.9 Å². The molecule has 0 aliphatic heterocycles. The van der Waals surface area contributed by atoms with Crippen LogP contribution in [0.25, 0.3) is 21.9 Å². The lowest BCUT2D eigenvalue weighted by atomic mass is 10.1. The number of fused-ring (bicyclic) bond motifs is 3. The van der Waals surface area contributed by atoms with Gasteiger partial charge in [-0.2, -0.15) is 0 Å². The summed E-state index contributed by atoms with van der Waals surface area (Å²) in [6.07, 6.45) is 0. The Morgan fingerprint density at radius 3 is 2.36 bits per heavy atom. The highest BCUT2D eigenvalue weighted by atomic mass is 35.5. The van der Waals surface area contributed by atoms with Crippen LogP contribution in [0.5, 0.6) is 5.75 Å². The first kappa shape index (κ1) is 22.9. The number of nitrogens with one attached hydrogen (secondary N) is 2. The second-order valence-electron chi connectivity index (χ2n) is 7.54. The Balaban J connectivity index is 1.40. The van der Waals surface area contributed by atoms with Gasteiger partial charge in [0.25, 0.3) is 0 Å². The lowest BCUT2D eigenvalue weighted by molar-refractivity contribution is -0.119. The fourth-order valence-corrected chi connectivity index (χ4v) is 3.83. The molecule has 0 aliphatic rings. The highest BCUT2D eigenvalue weighted by Crippen LogP contribution is 2.36. The zero-order chi connectivity index (χ0) is 23.5. The van der Waals surface area contributed by atoms with Crippen molar-refractivity contribution in [1.29, 1.82) is 0 Å². The van der Waals surface area contributed by atoms with Gasteiger partial charge in [0.1, 0.15) is 16.9 Å². The number of amides is 2. The Hall–Kier alpha value is -3.26. The van der Waals surface area contributed by atoms with Crippen LogP contribution in [0.4, 0.5) is 11.4 Å². The quantitative estimate of drug-likeness (QED) is 0.365. The Bertz CT molecular complexity index is 1350. The molecular weight excluding hydrogens is 465 g/mol. The van der Waals surface area contributed by atoms with E-state index in [1.54, 1.807) is 43.3 Å². The molecule has 0 saturated heterocycles. The van der Waals surface area contributed by atoms with Crippen LogP contribution < -0.4 is 15.4 Å². The number of hydrogen-bond donors (Lipinski definition) is 2. The van der Waals surface area contributed by atoms with Crippen LogP contribution in [-0.4, -0.2) is 44.0 Å². The molecule has 0 aliphatic carbocycles. The molecule has 9 heteroatoms. The van der Waals surface area contributed by atoms with Gasteiger partial charge in [-0.3, -0.25) is 14.5 Å². The Labute approximate surface area is 200 Å². The first-order valence-corrected chi connectivity index (χ1v) is 10.8. The third-order valence-electron chi connectivity index (χ3n) is 5.00. The molecule has 7 nitrogen and oxygen atoms in total. The number of rotatable bonds is 7. The Morgan fingerprint density at radius 1 is 0.909 bits per heavy atom. The number of hydrogen-bond acceptors (Lipinski definition) is 5. The molecule has 2 N–H and O–H groups in total. The predicted octanol–water partition coefficient (Wildman–Crippen LogP) is 5.41. The second kappa shape index (κ2) is 9.70. The van der Waals surface area contributed by atoms with E-state index < -0.39 is 0 Å². The monoisotopic (exact) mass is 485 g/mol. The van der Waals surface area contributed by atoms with Crippen LogP contribution in [0.3, 0.4) is 0 Å². The molecule has 0 unspecified atom stereocenters. The van der Waals surface area contributed by atoms with Gasteiger partial charge in [-0.1, -0.05) is 41.4 Å². The van der Waals surface area contributed by atoms with Gasteiger partial charge in [-0.15, -0.1) is 0 Å². The molecule has 1 aromatic heterocycles. The van der Waals surface area contributed by atoms with Crippen LogP contribution in [-0.2, 0) is 9.59 Å². The van der Waals surface area contributed by atoms with Crippen molar-refractivity contribution in [2.24, 2.45) is 0 Å². The number of methoxy groups -OCH3 is 1. The number of benzene rings is 3. The van der Waals surface area contributed by atoms with E-state index in [0.717, 1.165) is 16.4 Å². The third kappa shape index (κ3) is 5.22. The summed E-state index contributed by atoms with van der Waals surface area (Å²) in [5, 5.41) is 8.18. The number of carbonyl (C=O) groups is 2. The summed E-state index contributed by atoms with van der Waals surface area (Å²) >= 11 is 11.9. The number of furan rings is 1. The zero-order valence-corrected chi connectivity index (χ0v) is 19.5. The van der Waals surface area contributed by atoms with E-state index in [1.807, 2.05) is 30.3 Å². The summed E-state index contributed by atoms with van der Waals surface area (Å²) in [5.74, 6) is -0.0685. The summed E-state index contributed by atoms with van der Waals surface area (Å²) in [4.78, 5) is 26.5. The van der Waals surface area contributed by atoms with Crippen LogP contribution in [0.2, 0.25) is 10.0 Å². The van der Waals surface area contributed by atoms with E-state index in [0.29, 0.717) is 32.8 Å². The van der Waals surface area contributed by atoms with Crippen molar-refractivity contribution < 1.29 is 18.7 Å². The fraction of sp³-hybridized carbons (Fsp3) is 0.167. The smallest absolute Gasteiger partial charge is 0.238 e. The molecule has 3 aromatic carbocycles. The SMILES string of the molecule is COc1cc2c(cc1NC(=O)CN(C)CC(=O)Nc1ccc(Cl)c(Cl)c1)oc1ccccc12. The Morgan fingerprint density at radius 2 is 1.64 bits per heavy atom. The van der Waals surface area contributed by atoms with Gasteiger partial charge >= 0.3 is 0 Å². The van der Waals surface area contributed by atoms with Crippen LogP contribution in [0.15, 0.2) is 59.0 Å². The second-order valence-corrected chi connectivity index (χ2v) is 8.36. The maximum atomic E-state index is 12.6. The van der Waals surface area contributed by atoms with Gasteiger partial charge in [-0.05, 0) is 37.4 Å². The summed E-state index contributed by atoms with van der Waals surface area (Å²) in [5.41, 5.74) is 2.41. The number of para-hydroxylation sites is 1. The molecule has 4 rings (SSSR count). The van der Waals surface area contributed by atoms with Gasteiger partial charge in [0.05, 0.1) is 35.9 Å². The standard InChI is InChI=1S/C24H21Cl2N3O4/c1-29(12-23(30)27-14-7-8-17(25)18(26)9-14)13-24(31)28-19-11-21-16(10-22(19)32-2)15-5-3-4-6-20(15)33-21/h3-11H,12-13H2,1-2H3,(H,27,30)(H,28,31). The van der Waals surface area contributed by atoms with Crippen molar-refractivity contribution in [3.8, 4) is 5.75 Å². The normalized spacial score (nSPS) is 11.2. The molecule has 0 spiro atoms. The number of ether oxygens (including phenoxy) is 1. The number of halogens is 2. The molecule has 170 valence electrons. The minimum Gasteiger partial charge on any atom is -0.495 e. The zero-order valence-electron chi connectivity index (χ0n) is 17.9. The molecule has 0 radical (unpaired) electrons. The van der Waals surface area contributed by atoms with Crippen molar-refractivity contribution in [3.63, 3.8) is 0 Å². The molecule has 4 aromatic rings. The predicted molar refractivity (Wildman–Crippen MR) is 131 cm³/mol. The van der Waals surface area contributed by atoms with Crippen LogP contribution in [0, 0.1) is 0 Å². The lowest BCUT2D eigenvalue weighted by Crippen LogP contribution is -2.36. The summed E-state index contributed by atoms with van der Waals surface area (Å²) in [6.45, 7) is 0.00350. The highest BCUT2D eigenvalue weighted by molar-refractivity contribution is 6.42. The first-order chi connectivity index (χ1) is 15.8. The topological polar surface area (TPSA) is 83.8 Å². The van der Waals surface area contributed by atoms with Crippen molar-refractivity contribution in [2.75, 3.05) is 37.9 Å². The van der Waals surface area contributed by atoms with Gasteiger partial charge in [0.15, 0.2) is 0 Å². The maximum Gasteiger partial charge on any atom is 0.238 e. The molecule has 0 saturated carbocycles. The van der Waals surface area contributed by atoms with Crippen LogP contribution >= 0.6 is 23.2 Å². The Kier molecular flexibility index (Phi) is 6.74. The van der Waals surface area contributed by atoms with Gasteiger partial charge in [-0.25, -0.2) is 0 Å². The number of nitrogens with zero attached hydrogens (tertiary/aromatic N) is 1. The molecule has 2 amide bonds. The van der Waals surface area contributed by atoms with E-state index >= 15 is 0 Å². The molecule has 0 bridgehead atoms. The molecule has 1 heterocycles. The van der Waals surface area contributed by atoms with Gasteiger partial charge in [0.2, 0.25) is 11.8 Å². The van der Waals surface area contributed by atoms with Crippen molar-refractivity contribution in [3.05, 3.63) is 64.6 Å². The highest BCUT2D eigenvalue weighted by Gasteiger charge is 2.16. The van der Waals surface area contributed by atoms with Crippen molar-refractivity contribution >= 4 is 68.3 Å². The van der Waals surface area contributed by atoms with E-state index in [9.17, 15) is 9.59 Å². The minimum atomic E-state index is -0.298. The minimum absolute atomic E-state index is 0.00385. The average Bonchev–Trinajstić information content (AvgIpc) is 3.12. The summed E-state index contributed by atoms with van der Waals surface area (Å²) in [7, 11) is 3.21. The van der Waals surface area contributed by atoms with Gasteiger partial charge in [0, 0.05) is 22.5 Å². The lowest BCUT2D eigenvalue weighted by Gasteiger charge is -2.17. The van der Waals surface area contributed by atoms with Crippen molar-refractivity contribution in [1.82, 2.24) is 4.90 Å². The summed E-state index contributed by atoms with van der Waals surface area (Å²) < 4.78 is 11.4. The van der Waals surface area contributed by atoms with Crippen molar-refractivity contribution in [2.45, 2.75) is 0 Å². The van der Waals surface area contributed by atoms with E-state index in [2.05, 4.69) is 10.6 Å². The number of anilines is 2. The third-order valence-corrected chi connectivity index (χ3v) is 5.74. The molecule has 0 atom stereocenters. The number of carbonyl (C=O) groups excluding carboxylic acids is 2. The average molecular weight is 486 g/mol. The van der Waals surface area contributed by atoms with Crippen LogP contribution in [0.1, 0.15) is 0 Å². The maximum absolute atomic E-state index is 12.6. The molecular formula is C24H21Cl2N3O4. The number of likely N-dealkylation sites (N-methyl/N-ethyl adjacent to an activating group) is 1. The molecule has 0 fully saturated rings. The fourth-order valence-electron chi connectivity index (χ4n) is 3.53. The molecule has 33 heavy (non-hydrogen) atoms. The largest absolute Gasteiger partial charge is 0.495 e. The van der Waals surface area contributed by atoms with Gasteiger partial charge < -0.3 is 19.8 Å². The first-order valence-electron chi connectivity index (χ1n) is 10.1. The van der Waals surface area contributed by atoms with E-state index in [1.165, 1.54) is 0 Å². The summed E-state index contributed by atoms with van der Waals surface area (Å²) in [6, 6.07) is 16.1.